The van der Waals surface area contributed by atoms with Crippen molar-refractivity contribution >= 4 is 17.3 Å². The Morgan fingerprint density at radius 2 is 2.31 bits per heavy atom. The van der Waals surface area contributed by atoms with Gasteiger partial charge in [0, 0.05) is 19.4 Å². The summed E-state index contributed by atoms with van der Waals surface area (Å²) >= 11 is 0. The summed E-state index contributed by atoms with van der Waals surface area (Å²) in [5.74, 6) is 1.85. The van der Waals surface area contributed by atoms with Gasteiger partial charge in [-0.15, -0.1) is 0 Å². The van der Waals surface area contributed by atoms with Crippen molar-refractivity contribution in [1.82, 2.24) is 9.55 Å². The SMILES string of the molecule is Cn1c(C2CC2)nc2ccc(CC=O)cc21. The fourth-order valence-electron chi connectivity index (χ4n) is 2.18. The first-order valence-corrected chi connectivity index (χ1v) is 5.68. The molecule has 1 aliphatic rings. The van der Waals surface area contributed by atoms with Crippen LogP contribution in [0.2, 0.25) is 0 Å². The first-order valence-electron chi connectivity index (χ1n) is 5.68. The Morgan fingerprint density at radius 3 is 3.00 bits per heavy atom. The van der Waals surface area contributed by atoms with E-state index in [-0.39, 0.29) is 0 Å². The van der Waals surface area contributed by atoms with E-state index in [2.05, 4.69) is 22.7 Å². The zero-order chi connectivity index (χ0) is 11.1. The van der Waals surface area contributed by atoms with Gasteiger partial charge in [0.25, 0.3) is 0 Å². The maximum absolute atomic E-state index is 10.5. The van der Waals surface area contributed by atoms with Gasteiger partial charge >= 0.3 is 0 Å². The van der Waals surface area contributed by atoms with E-state index < -0.39 is 0 Å². The predicted octanol–water partition coefficient (Wildman–Crippen LogP) is 2.19. The molecule has 0 aliphatic heterocycles. The number of aryl methyl sites for hydroxylation is 1. The van der Waals surface area contributed by atoms with E-state index in [9.17, 15) is 4.79 Å². The molecule has 0 atom stereocenters. The molecule has 1 aliphatic carbocycles. The maximum atomic E-state index is 10.5. The summed E-state index contributed by atoms with van der Waals surface area (Å²) in [4.78, 5) is 15.1. The first-order chi connectivity index (χ1) is 7.79. The summed E-state index contributed by atoms with van der Waals surface area (Å²) < 4.78 is 2.17. The topological polar surface area (TPSA) is 34.9 Å². The third kappa shape index (κ3) is 1.43. The highest BCUT2D eigenvalue weighted by molar-refractivity contribution is 5.78. The van der Waals surface area contributed by atoms with E-state index in [0.29, 0.717) is 12.3 Å². The molecule has 16 heavy (non-hydrogen) atoms. The monoisotopic (exact) mass is 214 g/mol. The van der Waals surface area contributed by atoms with E-state index >= 15 is 0 Å². The number of aromatic nitrogens is 2. The molecule has 0 unspecified atom stereocenters. The smallest absolute Gasteiger partial charge is 0.124 e. The summed E-state index contributed by atoms with van der Waals surface area (Å²) in [5, 5.41) is 0. The molecule has 1 aromatic heterocycles. The van der Waals surface area contributed by atoms with E-state index in [4.69, 9.17) is 0 Å². The van der Waals surface area contributed by atoms with Gasteiger partial charge in [-0.3, -0.25) is 0 Å². The van der Waals surface area contributed by atoms with Gasteiger partial charge < -0.3 is 9.36 Å². The van der Waals surface area contributed by atoms with Crippen LogP contribution in [-0.2, 0) is 18.3 Å². The zero-order valence-corrected chi connectivity index (χ0v) is 9.31. The maximum Gasteiger partial charge on any atom is 0.124 e. The molecule has 0 amide bonds. The fourth-order valence-corrected chi connectivity index (χ4v) is 2.18. The van der Waals surface area contributed by atoms with Crippen LogP contribution in [-0.4, -0.2) is 15.8 Å². The van der Waals surface area contributed by atoms with Crippen LogP contribution < -0.4 is 0 Å². The molecular weight excluding hydrogens is 200 g/mol. The lowest BCUT2D eigenvalue weighted by atomic mass is 10.1. The zero-order valence-electron chi connectivity index (χ0n) is 9.31. The molecule has 0 N–H and O–H groups in total. The second kappa shape index (κ2) is 3.44. The van der Waals surface area contributed by atoms with Crippen LogP contribution in [0, 0.1) is 0 Å². The van der Waals surface area contributed by atoms with Crippen molar-refractivity contribution in [1.29, 1.82) is 0 Å². The third-order valence-electron chi connectivity index (χ3n) is 3.24. The highest BCUT2D eigenvalue weighted by Gasteiger charge is 2.28. The van der Waals surface area contributed by atoms with Crippen molar-refractivity contribution in [2.75, 3.05) is 0 Å². The van der Waals surface area contributed by atoms with Crippen LogP contribution in [0.5, 0.6) is 0 Å². The average Bonchev–Trinajstić information content (AvgIpc) is 3.07. The molecular formula is C13H14N2O. The molecule has 0 spiro atoms. The van der Waals surface area contributed by atoms with E-state index in [1.165, 1.54) is 18.7 Å². The molecule has 1 fully saturated rings. The molecule has 3 heteroatoms. The van der Waals surface area contributed by atoms with Crippen molar-refractivity contribution in [2.45, 2.75) is 25.2 Å². The number of benzene rings is 1. The summed E-state index contributed by atoms with van der Waals surface area (Å²) in [6, 6.07) is 6.07. The van der Waals surface area contributed by atoms with Gasteiger partial charge in [-0.2, -0.15) is 0 Å². The highest BCUT2D eigenvalue weighted by atomic mass is 16.1. The van der Waals surface area contributed by atoms with Crippen molar-refractivity contribution in [3.63, 3.8) is 0 Å². The Balaban J connectivity index is 2.14. The second-order valence-electron chi connectivity index (χ2n) is 4.50. The van der Waals surface area contributed by atoms with Gasteiger partial charge in [-0.05, 0) is 30.5 Å². The summed E-state index contributed by atoms with van der Waals surface area (Å²) in [6.07, 6.45) is 3.95. The van der Waals surface area contributed by atoms with Gasteiger partial charge in [0.15, 0.2) is 0 Å². The highest BCUT2D eigenvalue weighted by Crippen LogP contribution is 2.40. The molecule has 3 nitrogen and oxygen atoms in total. The van der Waals surface area contributed by atoms with E-state index in [1.807, 2.05) is 12.1 Å². The Kier molecular flexibility index (Phi) is 2.06. The van der Waals surface area contributed by atoms with Crippen LogP contribution in [0.1, 0.15) is 30.1 Å². The van der Waals surface area contributed by atoms with Gasteiger partial charge in [-0.25, -0.2) is 4.98 Å². The van der Waals surface area contributed by atoms with Crippen molar-refractivity contribution < 1.29 is 4.79 Å². The summed E-state index contributed by atoms with van der Waals surface area (Å²) in [7, 11) is 2.06. The Morgan fingerprint density at radius 1 is 1.50 bits per heavy atom. The Labute approximate surface area is 94.1 Å². The normalized spacial score (nSPS) is 15.6. The lowest BCUT2D eigenvalue weighted by molar-refractivity contribution is -0.107. The van der Waals surface area contributed by atoms with Crippen molar-refractivity contribution in [3.05, 3.63) is 29.6 Å². The molecule has 82 valence electrons. The van der Waals surface area contributed by atoms with Gasteiger partial charge in [0.1, 0.15) is 12.1 Å². The van der Waals surface area contributed by atoms with Crippen LogP contribution in [0.25, 0.3) is 11.0 Å². The number of fused-ring (bicyclic) bond motifs is 1. The lowest BCUT2D eigenvalue weighted by Crippen LogP contribution is -1.95. The summed E-state index contributed by atoms with van der Waals surface area (Å²) in [5.41, 5.74) is 3.24. The van der Waals surface area contributed by atoms with E-state index in [0.717, 1.165) is 22.9 Å². The lowest BCUT2D eigenvalue weighted by Gasteiger charge is -2.00. The average molecular weight is 214 g/mol. The van der Waals surface area contributed by atoms with Gasteiger partial charge in [0.2, 0.25) is 0 Å². The van der Waals surface area contributed by atoms with Gasteiger partial charge in [0.05, 0.1) is 11.0 Å². The number of nitrogens with zero attached hydrogens (tertiary/aromatic N) is 2. The number of rotatable bonds is 3. The minimum absolute atomic E-state index is 0.486. The molecule has 1 aromatic carbocycles. The van der Waals surface area contributed by atoms with Crippen LogP contribution in [0.15, 0.2) is 18.2 Å². The van der Waals surface area contributed by atoms with Crippen LogP contribution in [0.4, 0.5) is 0 Å². The van der Waals surface area contributed by atoms with Gasteiger partial charge in [-0.1, -0.05) is 6.07 Å². The molecule has 0 saturated heterocycles. The number of aldehydes is 1. The van der Waals surface area contributed by atoms with Crippen LogP contribution >= 0.6 is 0 Å². The first kappa shape index (κ1) is 9.58. The Hall–Kier alpha value is -1.64. The third-order valence-corrected chi connectivity index (χ3v) is 3.24. The van der Waals surface area contributed by atoms with Crippen molar-refractivity contribution in [3.8, 4) is 0 Å². The number of carbonyl (C=O) groups excluding carboxylic acids is 1. The number of hydrogen-bond donors (Lipinski definition) is 0. The largest absolute Gasteiger partial charge is 0.331 e. The Bertz CT molecular complexity index is 552. The molecule has 0 bridgehead atoms. The predicted molar refractivity (Wildman–Crippen MR) is 62.5 cm³/mol. The fraction of sp³-hybridized carbons (Fsp3) is 0.385. The molecule has 1 heterocycles. The standard InChI is InChI=1S/C13H14N2O/c1-15-12-8-9(6-7-16)2-5-11(12)14-13(15)10-3-4-10/h2,5,7-8,10H,3-4,6H2,1H3. The molecule has 2 aromatic rings. The minimum Gasteiger partial charge on any atom is -0.331 e. The second-order valence-corrected chi connectivity index (χ2v) is 4.50. The van der Waals surface area contributed by atoms with E-state index in [1.54, 1.807) is 0 Å². The molecule has 1 saturated carbocycles. The number of imidazole rings is 1. The quantitative estimate of drug-likeness (QED) is 0.734. The molecule has 3 rings (SSSR count). The number of carbonyl (C=O) groups is 1. The molecule has 0 radical (unpaired) electrons. The minimum atomic E-state index is 0.486. The van der Waals surface area contributed by atoms with Crippen molar-refractivity contribution in [2.24, 2.45) is 7.05 Å². The summed E-state index contributed by atoms with van der Waals surface area (Å²) in [6.45, 7) is 0. The van der Waals surface area contributed by atoms with Crippen LogP contribution in [0.3, 0.4) is 0 Å². The number of hydrogen-bond acceptors (Lipinski definition) is 2.